The second-order valence-corrected chi connectivity index (χ2v) is 8.27. The molecule has 0 aliphatic carbocycles. The molecule has 2 fully saturated rings. The minimum atomic E-state index is -3.02. The molecule has 0 aromatic rings. The maximum Gasteiger partial charge on any atom is 0.225 e. The molecule has 0 aromatic carbocycles. The SMILES string of the molecule is CCCNCCNC(=O)C1CC(=O)N(C2CCS(=O)(=O)C2)C1.Cl. The van der Waals surface area contributed by atoms with E-state index in [1.54, 1.807) is 4.90 Å². The summed E-state index contributed by atoms with van der Waals surface area (Å²) in [7, 11) is -3.02. The largest absolute Gasteiger partial charge is 0.355 e. The molecule has 134 valence electrons. The summed E-state index contributed by atoms with van der Waals surface area (Å²) >= 11 is 0. The van der Waals surface area contributed by atoms with Gasteiger partial charge in [-0.1, -0.05) is 6.92 Å². The molecule has 0 aromatic heterocycles. The van der Waals surface area contributed by atoms with Crippen molar-refractivity contribution in [1.29, 1.82) is 0 Å². The van der Waals surface area contributed by atoms with Crippen LogP contribution in [-0.4, -0.2) is 68.9 Å². The van der Waals surface area contributed by atoms with Crippen LogP contribution in [0.3, 0.4) is 0 Å². The number of sulfone groups is 1. The highest BCUT2D eigenvalue weighted by Gasteiger charge is 2.41. The van der Waals surface area contributed by atoms with Crippen LogP contribution in [0.15, 0.2) is 0 Å². The van der Waals surface area contributed by atoms with E-state index in [1.165, 1.54) is 0 Å². The van der Waals surface area contributed by atoms with Gasteiger partial charge in [0.15, 0.2) is 9.84 Å². The molecule has 2 rings (SSSR count). The summed E-state index contributed by atoms with van der Waals surface area (Å²) in [6, 6.07) is -0.249. The number of amides is 2. The maximum atomic E-state index is 12.1. The van der Waals surface area contributed by atoms with Gasteiger partial charge in [-0.15, -0.1) is 12.4 Å². The second-order valence-electron chi connectivity index (χ2n) is 6.05. The van der Waals surface area contributed by atoms with Gasteiger partial charge < -0.3 is 15.5 Å². The first-order chi connectivity index (χ1) is 10.4. The van der Waals surface area contributed by atoms with Gasteiger partial charge >= 0.3 is 0 Å². The van der Waals surface area contributed by atoms with Crippen LogP contribution in [0.1, 0.15) is 26.2 Å². The van der Waals surface area contributed by atoms with Gasteiger partial charge in [0.05, 0.1) is 17.4 Å². The number of nitrogens with one attached hydrogen (secondary N) is 2. The Labute approximate surface area is 143 Å². The molecule has 2 heterocycles. The molecule has 0 saturated carbocycles. The summed E-state index contributed by atoms with van der Waals surface area (Å²) in [5.41, 5.74) is 0. The lowest BCUT2D eigenvalue weighted by Crippen LogP contribution is -2.40. The Kier molecular flexibility index (Phi) is 7.76. The Hall–Kier alpha value is -0.860. The lowest BCUT2D eigenvalue weighted by atomic mass is 10.1. The number of hydrogen-bond acceptors (Lipinski definition) is 5. The maximum absolute atomic E-state index is 12.1. The third-order valence-electron chi connectivity index (χ3n) is 4.21. The smallest absolute Gasteiger partial charge is 0.225 e. The molecule has 2 aliphatic rings. The minimum absolute atomic E-state index is 0. The first kappa shape index (κ1) is 20.2. The van der Waals surface area contributed by atoms with E-state index in [2.05, 4.69) is 17.6 Å². The van der Waals surface area contributed by atoms with E-state index in [0.717, 1.165) is 13.0 Å². The van der Waals surface area contributed by atoms with Crippen molar-refractivity contribution in [3.05, 3.63) is 0 Å². The van der Waals surface area contributed by atoms with Gasteiger partial charge in [0, 0.05) is 32.1 Å². The monoisotopic (exact) mass is 367 g/mol. The zero-order valence-corrected chi connectivity index (χ0v) is 15.0. The van der Waals surface area contributed by atoms with E-state index < -0.39 is 9.84 Å². The normalized spacial score (nSPS) is 26.1. The molecule has 2 saturated heterocycles. The van der Waals surface area contributed by atoms with Crippen molar-refractivity contribution in [2.24, 2.45) is 5.92 Å². The first-order valence-corrected chi connectivity index (χ1v) is 9.73. The number of carbonyl (C=O) groups is 2. The van der Waals surface area contributed by atoms with Gasteiger partial charge in [0.25, 0.3) is 0 Å². The molecule has 2 amide bonds. The molecule has 2 N–H and O–H groups in total. The molecule has 23 heavy (non-hydrogen) atoms. The van der Waals surface area contributed by atoms with Gasteiger partial charge in [-0.3, -0.25) is 9.59 Å². The van der Waals surface area contributed by atoms with Gasteiger partial charge in [-0.25, -0.2) is 8.42 Å². The van der Waals surface area contributed by atoms with E-state index >= 15 is 0 Å². The summed E-state index contributed by atoms with van der Waals surface area (Å²) in [5, 5.41) is 6.03. The molecule has 2 atom stereocenters. The van der Waals surface area contributed by atoms with Crippen LogP contribution in [0.4, 0.5) is 0 Å². The van der Waals surface area contributed by atoms with Crippen molar-refractivity contribution in [2.45, 2.75) is 32.2 Å². The van der Waals surface area contributed by atoms with E-state index in [1.807, 2.05) is 0 Å². The molecular weight excluding hydrogens is 342 g/mol. The molecule has 7 nitrogen and oxygen atoms in total. The quantitative estimate of drug-likeness (QED) is 0.595. The Morgan fingerprint density at radius 2 is 2.04 bits per heavy atom. The van der Waals surface area contributed by atoms with Crippen molar-refractivity contribution in [1.82, 2.24) is 15.5 Å². The molecule has 0 spiro atoms. The number of carbonyl (C=O) groups excluding carboxylic acids is 2. The molecule has 0 bridgehead atoms. The number of likely N-dealkylation sites (tertiary alicyclic amines) is 1. The average molecular weight is 368 g/mol. The summed E-state index contributed by atoms with van der Waals surface area (Å²) in [4.78, 5) is 25.7. The zero-order valence-electron chi connectivity index (χ0n) is 13.4. The second kappa shape index (κ2) is 8.84. The van der Waals surface area contributed by atoms with E-state index in [4.69, 9.17) is 0 Å². The fourth-order valence-electron chi connectivity index (χ4n) is 3.00. The van der Waals surface area contributed by atoms with Gasteiger partial charge in [0.1, 0.15) is 0 Å². The van der Waals surface area contributed by atoms with Crippen LogP contribution in [0.25, 0.3) is 0 Å². The molecule has 2 aliphatic heterocycles. The Balaban J connectivity index is 0.00000264. The highest BCUT2D eigenvalue weighted by Crippen LogP contribution is 2.26. The Morgan fingerprint density at radius 3 is 2.65 bits per heavy atom. The highest BCUT2D eigenvalue weighted by atomic mass is 35.5. The van der Waals surface area contributed by atoms with E-state index in [-0.39, 0.29) is 54.1 Å². The van der Waals surface area contributed by atoms with Crippen LogP contribution in [0.2, 0.25) is 0 Å². The first-order valence-electron chi connectivity index (χ1n) is 7.91. The van der Waals surface area contributed by atoms with Crippen molar-refractivity contribution < 1.29 is 18.0 Å². The topological polar surface area (TPSA) is 95.6 Å². The molecule has 2 unspecified atom stereocenters. The zero-order chi connectivity index (χ0) is 16.2. The molecule has 0 radical (unpaired) electrons. The van der Waals surface area contributed by atoms with Crippen molar-refractivity contribution in [3.8, 4) is 0 Å². The number of halogens is 1. The van der Waals surface area contributed by atoms with Crippen LogP contribution in [0.5, 0.6) is 0 Å². The summed E-state index contributed by atoms with van der Waals surface area (Å²) in [6.07, 6.45) is 1.72. The fourth-order valence-corrected chi connectivity index (χ4v) is 4.73. The van der Waals surface area contributed by atoms with Gasteiger partial charge in [-0.05, 0) is 19.4 Å². The van der Waals surface area contributed by atoms with Gasteiger partial charge in [0.2, 0.25) is 11.8 Å². The Bertz CT molecular complexity index is 526. The van der Waals surface area contributed by atoms with Crippen LogP contribution >= 0.6 is 12.4 Å². The molecular formula is C14H26ClN3O4S. The van der Waals surface area contributed by atoms with Crippen molar-refractivity contribution >= 4 is 34.1 Å². The lowest BCUT2D eigenvalue weighted by molar-refractivity contribution is -0.130. The summed E-state index contributed by atoms with van der Waals surface area (Å²) in [6.45, 7) is 4.59. The highest BCUT2D eigenvalue weighted by molar-refractivity contribution is 7.91. The number of hydrogen-bond donors (Lipinski definition) is 2. The van der Waals surface area contributed by atoms with Crippen LogP contribution < -0.4 is 10.6 Å². The minimum Gasteiger partial charge on any atom is -0.355 e. The van der Waals surface area contributed by atoms with Crippen LogP contribution in [0, 0.1) is 5.92 Å². The van der Waals surface area contributed by atoms with Gasteiger partial charge in [-0.2, -0.15) is 0 Å². The van der Waals surface area contributed by atoms with Crippen molar-refractivity contribution in [2.75, 3.05) is 37.7 Å². The standard InChI is InChI=1S/C14H25N3O4S.ClH/c1-2-4-15-5-6-16-14(19)11-8-13(18)17(9-11)12-3-7-22(20,21)10-12;/h11-12,15H,2-10H2,1H3,(H,16,19);1H. The summed E-state index contributed by atoms with van der Waals surface area (Å²) in [5.74, 6) is -0.404. The Morgan fingerprint density at radius 1 is 1.30 bits per heavy atom. The fraction of sp³-hybridized carbons (Fsp3) is 0.857. The van der Waals surface area contributed by atoms with E-state index in [9.17, 15) is 18.0 Å². The average Bonchev–Trinajstić information content (AvgIpc) is 3.01. The van der Waals surface area contributed by atoms with E-state index in [0.29, 0.717) is 26.1 Å². The van der Waals surface area contributed by atoms with Crippen molar-refractivity contribution in [3.63, 3.8) is 0 Å². The molecule has 9 heteroatoms. The number of nitrogens with zero attached hydrogens (tertiary/aromatic N) is 1. The van der Waals surface area contributed by atoms with Crippen LogP contribution in [-0.2, 0) is 19.4 Å². The predicted molar refractivity (Wildman–Crippen MR) is 90.3 cm³/mol. The number of rotatable bonds is 7. The lowest BCUT2D eigenvalue weighted by Gasteiger charge is -2.22. The predicted octanol–water partition coefficient (Wildman–Crippen LogP) is -0.440. The third kappa shape index (κ3) is 5.61. The third-order valence-corrected chi connectivity index (χ3v) is 5.96. The summed E-state index contributed by atoms with van der Waals surface area (Å²) < 4.78 is 23.0.